The molecule has 1 heterocycles. The fourth-order valence-electron chi connectivity index (χ4n) is 2.97. The number of aryl methyl sites for hydroxylation is 1. The van der Waals surface area contributed by atoms with Crippen LogP contribution in [0.25, 0.3) is 0 Å². The van der Waals surface area contributed by atoms with E-state index in [9.17, 15) is 14.4 Å². The van der Waals surface area contributed by atoms with E-state index in [0.717, 1.165) is 11.1 Å². The zero-order chi connectivity index (χ0) is 18.0. The van der Waals surface area contributed by atoms with Crippen LogP contribution >= 0.6 is 0 Å². The normalized spacial score (nSPS) is 17.2. The summed E-state index contributed by atoms with van der Waals surface area (Å²) in [7, 11) is 0. The highest BCUT2D eigenvalue weighted by Gasteiger charge is 2.37. The first-order chi connectivity index (χ1) is 11.1. The lowest BCUT2D eigenvalue weighted by molar-refractivity contribution is 0.0148. The van der Waals surface area contributed by atoms with E-state index >= 15 is 0 Å². The van der Waals surface area contributed by atoms with Crippen LogP contribution in [0.15, 0.2) is 18.2 Å². The minimum absolute atomic E-state index is 0.283. The van der Waals surface area contributed by atoms with E-state index in [4.69, 9.17) is 4.74 Å². The minimum atomic E-state index is -0.558. The number of carbonyl (C=O) groups excluding carboxylic acids is 1. The number of nitrogens with zero attached hydrogens (tertiary/aromatic N) is 2. The van der Waals surface area contributed by atoms with Crippen molar-refractivity contribution in [2.45, 2.75) is 52.6 Å². The van der Waals surface area contributed by atoms with Crippen molar-refractivity contribution in [1.29, 1.82) is 5.26 Å². The largest absolute Gasteiger partial charge is 0.444 e. The average molecular weight is 332 g/mol. The van der Waals surface area contributed by atoms with Crippen molar-refractivity contribution in [2.75, 3.05) is 13.1 Å². The molecule has 0 spiro atoms. The number of rotatable bonds is 2. The van der Waals surface area contributed by atoms with Crippen LogP contribution in [0.1, 0.15) is 44.7 Å². The Balaban J connectivity index is 2.05. The molecule has 0 radical (unpaired) electrons. The molecule has 1 aliphatic heterocycles. The van der Waals surface area contributed by atoms with E-state index < -0.39 is 11.0 Å². The highest BCUT2D eigenvalue weighted by atomic mass is 19.1. The van der Waals surface area contributed by atoms with Crippen molar-refractivity contribution in [2.24, 2.45) is 5.41 Å². The quantitative estimate of drug-likeness (QED) is 0.815. The fraction of sp³-hybridized carbons (Fsp3) is 0.579. The van der Waals surface area contributed by atoms with E-state index in [0.29, 0.717) is 32.4 Å². The van der Waals surface area contributed by atoms with Gasteiger partial charge < -0.3 is 9.64 Å². The van der Waals surface area contributed by atoms with E-state index in [1.807, 2.05) is 27.7 Å². The Labute approximate surface area is 143 Å². The van der Waals surface area contributed by atoms with Gasteiger partial charge in [-0.05, 0) is 70.2 Å². The Hall–Kier alpha value is -2.09. The third kappa shape index (κ3) is 4.47. The number of likely N-dealkylation sites (tertiary alicyclic amines) is 1. The van der Waals surface area contributed by atoms with Gasteiger partial charge in [-0.3, -0.25) is 0 Å². The molecule has 5 heteroatoms. The van der Waals surface area contributed by atoms with Crippen molar-refractivity contribution < 1.29 is 13.9 Å². The van der Waals surface area contributed by atoms with E-state index in [-0.39, 0.29) is 11.9 Å². The average Bonchev–Trinajstić information content (AvgIpc) is 2.50. The van der Waals surface area contributed by atoms with Crippen LogP contribution in [0.2, 0.25) is 0 Å². The smallest absolute Gasteiger partial charge is 0.410 e. The molecule has 0 atom stereocenters. The number of carbonyl (C=O) groups is 1. The van der Waals surface area contributed by atoms with Gasteiger partial charge >= 0.3 is 6.09 Å². The lowest BCUT2D eigenvalue weighted by Gasteiger charge is -2.38. The number of nitriles is 1. The molecule has 0 N–H and O–H groups in total. The van der Waals surface area contributed by atoms with Crippen molar-refractivity contribution in [3.05, 3.63) is 35.1 Å². The Morgan fingerprint density at radius 1 is 1.38 bits per heavy atom. The summed E-state index contributed by atoms with van der Waals surface area (Å²) in [5.74, 6) is -0.283. The summed E-state index contributed by atoms with van der Waals surface area (Å²) in [6, 6.07) is 7.10. The number of halogens is 1. The van der Waals surface area contributed by atoms with Gasteiger partial charge in [-0.15, -0.1) is 0 Å². The van der Waals surface area contributed by atoms with Crippen molar-refractivity contribution >= 4 is 6.09 Å². The molecule has 1 aromatic rings. The summed E-state index contributed by atoms with van der Waals surface area (Å²) in [5.41, 5.74) is 0.763. The fourth-order valence-corrected chi connectivity index (χ4v) is 2.97. The molecule has 0 saturated carbocycles. The maximum absolute atomic E-state index is 13.5. The molecule has 24 heavy (non-hydrogen) atoms. The molecule has 4 nitrogen and oxygen atoms in total. The first kappa shape index (κ1) is 18.3. The van der Waals surface area contributed by atoms with Gasteiger partial charge in [0.05, 0.1) is 11.5 Å². The molecule has 1 amide bonds. The molecule has 1 fully saturated rings. The SMILES string of the molecule is Cc1ccc(F)cc1CC1(C#N)CCN(C(=O)OC(C)(C)C)CC1. The van der Waals surface area contributed by atoms with Crippen LogP contribution in [0.5, 0.6) is 0 Å². The molecule has 0 unspecified atom stereocenters. The Bertz CT molecular complexity index is 650. The Kier molecular flexibility index (Phi) is 5.17. The number of ether oxygens (including phenoxy) is 1. The third-order valence-corrected chi connectivity index (χ3v) is 4.45. The second-order valence-corrected chi connectivity index (χ2v) is 7.61. The highest BCUT2D eigenvalue weighted by Crippen LogP contribution is 2.35. The number of piperidine rings is 1. The molecule has 1 saturated heterocycles. The van der Waals surface area contributed by atoms with E-state index in [1.54, 1.807) is 11.0 Å². The molecular weight excluding hydrogens is 307 g/mol. The van der Waals surface area contributed by atoms with Gasteiger partial charge in [0.2, 0.25) is 0 Å². The summed E-state index contributed by atoms with van der Waals surface area (Å²) in [5, 5.41) is 9.70. The zero-order valence-electron chi connectivity index (χ0n) is 14.9. The highest BCUT2D eigenvalue weighted by molar-refractivity contribution is 5.68. The monoisotopic (exact) mass is 332 g/mol. The third-order valence-electron chi connectivity index (χ3n) is 4.45. The predicted molar refractivity (Wildman–Crippen MR) is 89.9 cm³/mol. The summed E-state index contributed by atoms with van der Waals surface area (Å²) >= 11 is 0. The number of amides is 1. The maximum Gasteiger partial charge on any atom is 0.410 e. The van der Waals surface area contributed by atoms with Gasteiger partial charge in [-0.25, -0.2) is 9.18 Å². The number of benzene rings is 1. The molecule has 1 aromatic carbocycles. The second-order valence-electron chi connectivity index (χ2n) is 7.61. The van der Waals surface area contributed by atoms with E-state index in [1.165, 1.54) is 12.1 Å². The van der Waals surface area contributed by atoms with Gasteiger partial charge in [0, 0.05) is 13.1 Å². The lowest BCUT2D eigenvalue weighted by Crippen LogP contribution is -2.45. The zero-order valence-corrected chi connectivity index (χ0v) is 14.9. The molecule has 0 bridgehead atoms. The number of hydrogen-bond acceptors (Lipinski definition) is 3. The van der Waals surface area contributed by atoms with Crippen LogP contribution < -0.4 is 0 Å². The second kappa shape index (κ2) is 6.80. The maximum atomic E-state index is 13.5. The van der Waals surface area contributed by atoms with Gasteiger partial charge in [-0.2, -0.15) is 5.26 Å². The first-order valence-corrected chi connectivity index (χ1v) is 8.28. The number of hydrogen-bond donors (Lipinski definition) is 0. The molecule has 0 aliphatic carbocycles. The van der Waals surface area contributed by atoms with Crippen LogP contribution in [-0.4, -0.2) is 29.7 Å². The van der Waals surface area contributed by atoms with Crippen molar-refractivity contribution in [1.82, 2.24) is 4.90 Å². The van der Waals surface area contributed by atoms with Crippen LogP contribution in [-0.2, 0) is 11.2 Å². The molecule has 0 aromatic heterocycles. The summed E-state index contributed by atoms with van der Waals surface area (Å²) in [6.45, 7) is 8.40. The van der Waals surface area contributed by atoms with Crippen LogP contribution in [0, 0.1) is 29.5 Å². The minimum Gasteiger partial charge on any atom is -0.444 e. The van der Waals surface area contributed by atoms with Crippen LogP contribution in [0.4, 0.5) is 9.18 Å². The van der Waals surface area contributed by atoms with Gasteiger partial charge in [0.1, 0.15) is 11.4 Å². The van der Waals surface area contributed by atoms with Crippen molar-refractivity contribution in [3.63, 3.8) is 0 Å². The van der Waals surface area contributed by atoms with Crippen molar-refractivity contribution in [3.8, 4) is 6.07 Å². The van der Waals surface area contributed by atoms with Crippen LogP contribution in [0.3, 0.4) is 0 Å². The summed E-state index contributed by atoms with van der Waals surface area (Å²) < 4.78 is 18.9. The topological polar surface area (TPSA) is 53.3 Å². The van der Waals surface area contributed by atoms with Gasteiger partial charge in [0.15, 0.2) is 0 Å². The summed E-state index contributed by atoms with van der Waals surface area (Å²) in [4.78, 5) is 13.8. The molecule has 130 valence electrons. The van der Waals surface area contributed by atoms with Gasteiger partial charge in [-0.1, -0.05) is 6.07 Å². The lowest BCUT2D eigenvalue weighted by atomic mass is 9.74. The predicted octanol–water partition coefficient (Wildman–Crippen LogP) is 4.22. The first-order valence-electron chi connectivity index (χ1n) is 8.28. The molecule has 1 aliphatic rings. The summed E-state index contributed by atoms with van der Waals surface area (Å²) in [6.07, 6.45) is 1.31. The molecule has 2 rings (SSSR count). The van der Waals surface area contributed by atoms with E-state index in [2.05, 4.69) is 6.07 Å². The standard InChI is InChI=1S/C19H25FN2O2/c1-14-5-6-16(20)11-15(14)12-19(13-21)7-9-22(10-8-19)17(23)24-18(2,3)4/h5-6,11H,7-10,12H2,1-4H3. The van der Waals surface area contributed by atoms with Gasteiger partial charge in [0.25, 0.3) is 0 Å². The Morgan fingerprint density at radius 3 is 2.54 bits per heavy atom. The Morgan fingerprint density at radius 2 is 2.00 bits per heavy atom. The molecular formula is C19H25FN2O2.